The normalized spacial score (nSPS) is 10.0. The van der Waals surface area contributed by atoms with Crippen molar-refractivity contribution in [3.63, 3.8) is 0 Å². The second kappa shape index (κ2) is 5.77. The van der Waals surface area contributed by atoms with Gasteiger partial charge in [0, 0.05) is 6.20 Å². The van der Waals surface area contributed by atoms with E-state index in [0.29, 0.717) is 6.54 Å². The predicted octanol–water partition coefficient (Wildman–Crippen LogP) is 1.04. The van der Waals surface area contributed by atoms with E-state index < -0.39 is 0 Å². The Morgan fingerprint density at radius 2 is 2.22 bits per heavy atom. The minimum absolute atomic E-state index is 0.112. The smallest absolute Gasteiger partial charge is 0.224 e. The van der Waals surface area contributed by atoms with Gasteiger partial charge in [-0.15, -0.1) is 0 Å². The van der Waals surface area contributed by atoms with Crippen molar-refractivity contribution < 1.29 is 9.90 Å². The number of amides is 1. The number of carbonyl (C=O) groups is 1. The van der Waals surface area contributed by atoms with Crippen molar-refractivity contribution in [2.75, 3.05) is 0 Å². The van der Waals surface area contributed by atoms with Gasteiger partial charge >= 0.3 is 0 Å². The lowest BCUT2D eigenvalue weighted by Crippen LogP contribution is -2.24. The fourth-order valence-corrected chi connectivity index (χ4v) is 1.53. The Labute approximate surface area is 105 Å². The molecule has 2 N–H and O–H groups in total. The second-order valence-electron chi connectivity index (χ2n) is 3.82. The molecule has 1 heterocycles. The Kier molecular flexibility index (Phi) is 3.86. The zero-order valence-electron chi connectivity index (χ0n) is 9.71. The Bertz CT molecular complexity index is 529. The highest BCUT2D eigenvalue weighted by atomic mass is 16.3. The number of nitrogens with one attached hydrogen (secondary N) is 1. The summed E-state index contributed by atoms with van der Waals surface area (Å²) in [5, 5.41) is 12.0. The first-order chi connectivity index (χ1) is 8.74. The molecule has 0 spiro atoms. The molecule has 0 unspecified atom stereocenters. The first kappa shape index (κ1) is 12.0. The van der Waals surface area contributed by atoms with E-state index in [0.717, 1.165) is 11.3 Å². The number of phenols is 1. The lowest BCUT2D eigenvalue weighted by molar-refractivity contribution is -0.120. The summed E-state index contributed by atoms with van der Waals surface area (Å²) in [4.78, 5) is 19.5. The van der Waals surface area contributed by atoms with Gasteiger partial charge in [-0.1, -0.05) is 12.1 Å². The highest BCUT2D eigenvalue weighted by Crippen LogP contribution is 2.11. The average molecular weight is 243 g/mol. The molecule has 0 fully saturated rings. The highest BCUT2D eigenvalue weighted by Gasteiger charge is 2.04. The summed E-state index contributed by atoms with van der Waals surface area (Å²) in [6.07, 6.45) is 3.31. The minimum atomic E-state index is -0.112. The van der Waals surface area contributed by atoms with E-state index >= 15 is 0 Å². The number of rotatable bonds is 4. The van der Waals surface area contributed by atoms with Gasteiger partial charge in [0.2, 0.25) is 5.91 Å². The van der Waals surface area contributed by atoms with Crippen LogP contribution in [0, 0.1) is 0 Å². The zero-order chi connectivity index (χ0) is 12.8. The van der Waals surface area contributed by atoms with Crippen LogP contribution in [0.4, 0.5) is 0 Å². The van der Waals surface area contributed by atoms with E-state index in [4.69, 9.17) is 0 Å². The number of benzene rings is 1. The van der Waals surface area contributed by atoms with Gasteiger partial charge in [-0.3, -0.25) is 4.79 Å². The van der Waals surface area contributed by atoms with Crippen LogP contribution in [0.1, 0.15) is 11.3 Å². The summed E-state index contributed by atoms with van der Waals surface area (Å²) < 4.78 is 0. The zero-order valence-corrected chi connectivity index (χ0v) is 9.71. The van der Waals surface area contributed by atoms with Crippen LogP contribution in [-0.4, -0.2) is 21.0 Å². The standard InChI is InChI=1S/C13H13N3O2/c17-12-3-1-2-10(6-12)7-13(18)15-8-11-4-5-14-9-16-11/h1-6,9,17H,7-8H2,(H,15,18). The Hall–Kier alpha value is -2.43. The van der Waals surface area contributed by atoms with Crippen molar-refractivity contribution in [3.8, 4) is 5.75 Å². The molecule has 1 aromatic heterocycles. The Morgan fingerprint density at radius 3 is 2.94 bits per heavy atom. The SMILES string of the molecule is O=C(Cc1cccc(O)c1)NCc1ccncn1. The van der Waals surface area contributed by atoms with Gasteiger partial charge in [0.25, 0.3) is 0 Å². The number of hydrogen-bond acceptors (Lipinski definition) is 4. The molecule has 2 rings (SSSR count). The van der Waals surface area contributed by atoms with Crippen molar-refractivity contribution >= 4 is 5.91 Å². The van der Waals surface area contributed by atoms with Gasteiger partial charge in [0.1, 0.15) is 12.1 Å². The van der Waals surface area contributed by atoms with Crippen LogP contribution in [0.3, 0.4) is 0 Å². The topological polar surface area (TPSA) is 75.1 Å². The maximum atomic E-state index is 11.7. The van der Waals surface area contributed by atoms with Gasteiger partial charge in [-0.05, 0) is 23.8 Å². The number of phenolic OH excluding ortho intramolecular Hbond substituents is 1. The largest absolute Gasteiger partial charge is 0.508 e. The molecule has 2 aromatic rings. The molecule has 0 bridgehead atoms. The van der Waals surface area contributed by atoms with Crippen LogP contribution in [0.5, 0.6) is 5.75 Å². The number of nitrogens with zero attached hydrogens (tertiary/aromatic N) is 2. The molecule has 0 radical (unpaired) electrons. The van der Waals surface area contributed by atoms with Gasteiger partial charge in [0.05, 0.1) is 18.7 Å². The molecule has 1 aromatic carbocycles. The average Bonchev–Trinajstić information content (AvgIpc) is 2.38. The molecule has 5 nitrogen and oxygen atoms in total. The quantitative estimate of drug-likeness (QED) is 0.841. The van der Waals surface area contributed by atoms with E-state index in [1.807, 2.05) is 0 Å². The summed E-state index contributed by atoms with van der Waals surface area (Å²) in [6.45, 7) is 0.375. The van der Waals surface area contributed by atoms with Crippen LogP contribution in [0.2, 0.25) is 0 Å². The summed E-state index contributed by atoms with van der Waals surface area (Å²) >= 11 is 0. The van der Waals surface area contributed by atoms with Crippen LogP contribution in [0.25, 0.3) is 0 Å². The number of aromatic hydroxyl groups is 1. The van der Waals surface area contributed by atoms with Gasteiger partial charge in [-0.2, -0.15) is 0 Å². The molecule has 18 heavy (non-hydrogen) atoms. The summed E-state index contributed by atoms with van der Waals surface area (Å²) in [5.41, 5.74) is 1.53. The van der Waals surface area contributed by atoms with E-state index in [1.165, 1.54) is 6.33 Å². The van der Waals surface area contributed by atoms with Crippen molar-refractivity contribution in [3.05, 3.63) is 54.1 Å². The lowest BCUT2D eigenvalue weighted by Gasteiger charge is -2.05. The molecule has 0 atom stereocenters. The maximum Gasteiger partial charge on any atom is 0.224 e. The summed E-state index contributed by atoms with van der Waals surface area (Å²) in [7, 11) is 0. The highest BCUT2D eigenvalue weighted by molar-refractivity contribution is 5.78. The number of aromatic nitrogens is 2. The van der Waals surface area contributed by atoms with Crippen molar-refractivity contribution in [1.29, 1.82) is 0 Å². The van der Waals surface area contributed by atoms with Crippen molar-refractivity contribution in [1.82, 2.24) is 15.3 Å². The minimum Gasteiger partial charge on any atom is -0.508 e. The first-order valence-electron chi connectivity index (χ1n) is 5.53. The third-order valence-corrected chi connectivity index (χ3v) is 2.39. The summed E-state index contributed by atoms with van der Waals surface area (Å²) in [6, 6.07) is 8.40. The molecule has 5 heteroatoms. The van der Waals surface area contributed by atoms with Crippen LogP contribution in [-0.2, 0) is 17.8 Å². The first-order valence-corrected chi connectivity index (χ1v) is 5.53. The Morgan fingerprint density at radius 1 is 1.33 bits per heavy atom. The third kappa shape index (κ3) is 3.55. The van der Waals surface area contributed by atoms with Gasteiger partial charge in [0.15, 0.2) is 0 Å². The fraction of sp³-hybridized carbons (Fsp3) is 0.154. The van der Waals surface area contributed by atoms with E-state index in [9.17, 15) is 9.90 Å². The number of carbonyl (C=O) groups excluding carboxylic acids is 1. The van der Waals surface area contributed by atoms with Crippen molar-refractivity contribution in [2.24, 2.45) is 0 Å². The van der Waals surface area contributed by atoms with E-state index in [2.05, 4.69) is 15.3 Å². The van der Waals surface area contributed by atoms with E-state index in [-0.39, 0.29) is 18.1 Å². The molecule has 0 saturated heterocycles. The van der Waals surface area contributed by atoms with Gasteiger partial charge in [-0.25, -0.2) is 9.97 Å². The van der Waals surface area contributed by atoms with Crippen LogP contribution < -0.4 is 5.32 Å². The number of hydrogen-bond donors (Lipinski definition) is 2. The van der Waals surface area contributed by atoms with Crippen LogP contribution >= 0.6 is 0 Å². The predicted molar refractivity (Wildman–Crippen MR) is 65.7 cm³/mol. The molecular weight excluding hydrogens is 230 g/mol. The van der Waals surface area contributed by atoms with Gasteiger partial charge < -0.3 is 10.4 Å². The van der Waals surface area contributed by atoms with E-state index in [1.54, 1.807) is 36.5 Å². The summed E-state index contributed by atoms with van der Waals surface area (Å²) in [5.74, 6) is 0.0512. The second-order valence-corrected chi connectivity index (χ2v) is 3.82. The third-order valence-electron chi connectivity index (χ3n) is 2.39. The molecule has 0 aliphatic rings. The van der Waals surface area contributed by atoms with Crippen LogP contribution in [0.15, 0.2) is 42.9 Å². The monoisotopic (exact) mass is 243 g/mol. The molecule has 1 amide bonds. The molecule has 92 valence electrons. The lowest BCUT2D eigenvalue weighted by atomic mass is 10.1. The fourth-order valence-electron chi connectivity index (χ4n) is 1.53. The molecule has 0 aliphatic heterocycles. The Balaban J connectivity index is 1.86. The molecule has 0 aliphatic carbocycles. The molecule has 0 saturated carbocycles. The maximum absolute atomic E-state index is 11.7. The molecular formula is C13H13N3O2. The van der Waals surface area contributed by atoms with Crippen molar-refractivity contribution in [2.45, 2.75) is 13.0 Å².